The Morgan fingerprint density at radius 1 is 1.21 bits per heavy atom. The molecule has 1 aromatic heterocycles. The SMILES string of the molecule is CCOC(=O)c1oc2ccc3c(c2c1C)C(=O)C[C@](C)(c1ccc(Cl)cc1)O3. The number of ether oxygens (including phenoxy) is 2. The molecule has 0 saturated heterocycles. The molecule has 0 bridgehead atoms. The number of rotatable bonds is 3. The van der Waals surface area contributed by atoms with Gasteiger partial charge in [-0.2, -0.15) is 0 Å². The highest BCUT2D eigenvalue weighted by Gasteiger charge is 2.40. The number of benzene rings is 2. The topological polar surface area (TPSA) is 65.7 Å². The van der Waals surface area contributed by atoms with Crippen molar-refractivity contribution >= 4 is 34.3 Å². The third-order valence-corrected chi connectivity index (χ3v) is 5.34. The maximum absolute atomic E-state index is 13.1. The zero-order chi connectivity index (χ0) is 20.1. The van der Waals surface area contributed by atoms with E-state index >= 15 is 0 Å². The second-order valence-corrected chi connectivity index (χ2v) is 7.46. The zero-order valence-electron chi connectivity index (χ0n) is 15.8. The molecule has 0 aliphatic carbocycles. The van der Waals surface area contributed by atoms with E-state index in [0.717, 1.165) is 5.56 Å². The van der Waals surface area contributed by atoms with Crippen LogP contribution in [0.2, 0.25) is 5.02 Å². The maximum atomic E-state index is 13.1. The fraction of sp³-hybridized carbons (Fsp3) is 0.273. The quantitative estimate of drug-likeness (QED) is 0.548. The van der Waals surface area contributed by atoms with Crippen LogP contribution in [0.1, 0.15) is 52.3 Å². The number of hydrogen-bond donors (Lipinski definition) is 0. The molecule has 0 unspecified atom stereocenters. The average molecular weight is 399 g/mol. The number of esters is 1. The number of halogens is 1. The van der Waals surface area contributed by atoms with E-state index in [1.54, 1.807) is 38.1 Å². The predicted molar refractivity (Wildman–Crippen MR) is 105 cm³/mol. The monoisotopic (exact) mass is 398 g/mol. The number of carbonyl (C=O) groups excluding carboxylic acids is 2. The molecular formula is C22H19ClO5. The molecule has 28 heavy (non-hydrogen) atoms. The van der Waals surface area contributed by atoms with Gasteiger partial charge in [0.1, 0.15) is 16.9 Å². The van der Waals surface area contributed by atoms with Crippen molar-refractivity contribution in [1.82, 2.24) is 0 Å². The van der Waals surface area contributed by atoms with E-state index < -0.39 is 11.6 Å². The van der Waals surface area contributed by atoms with E-state index in [1.807, 2.05) is 19.1 Å². The molecule has 2 heterocycles. The van der Waals surface area contributed by atoms with Gasteiger partial charge in [0.15, 0.2) is 5.78 Å². The summed E-state index contributed by atoms with van der Waals surface area (Å²) < 4.78 is 17.0. The fourth-order valence-electron chi connectivity index (χ4n) is 3.71. The van der Waals surface area contributed by atoms with Crippen molar-refractivity contribution < 1.29 is 23.5 Å². The summed E-state index contributed by atoms with van der Waals surface area (Å²) in [6, 6.07) is 10.7. The summed E-state index contributed by atoms with van der Waals surface area (Å²) in [5.74, 6) is -0.0201. The summed E-state index contributed by atoms with van der Waals surface area (Å²) in [6.07, 6.45) is 0.167. The maximum Gasteiger partial charge on any atom is 0.374 e. The van der Waals surface area contributed by atoms with Crippen molar-refractivity contribution in [2.45, 2.75) is 32.8 Å². The Kier molecular flexibility index (Phi) is 4.42. The lowest BCUT2D eigenvalue weighted by Crippen LogP contribution is -2.36. The summed E-state index contributed by atoms with van der Waals surface area (Å²) in [5, 5.41) is 1.22. The molecule has 2 aromatic carbocycles. The summed E-state index contributed by atoms with van der Waals surface area (Å²) in [4.78, 5) is 25.3. The summed E-state index contributed by atoms with van der Waals surface area (Å²) >= 11 is 5.98. The van der Waals surface area contributed by atoms with Gasteiger partial charge in [-0.15, -0.1) is 0 Å². The first kappa shape index (κ1) is 18.6. The lowest BCUT2D eigenvalue weighted by atomic mass is 9.84. The molecule has 0 fully saturated rings. The molecule has 5 nitrogen and oxygen atoms in total. The van der Waals surface area contributed by atoms with Crippen molar-refractivity contribution in [1.29, 1.82) is 0 Å². The lowest BCUT2D eigenvalue weighted by molar-refractivity contribution is 0.0487. The number of Topliss-reactive ketones (excluding diaryl/α,β-unsaturated/α-hetero) is 1. The Morgan fingerprint density at radius 3 is 2.61 bits per heavy atom. The minimum atomic E-state index is -0.802. The predicted octanol–water partition coefficient (Wildman–Crippen LogP) is 5.45. The Morgan fingerprint density at radius 2 is 1.93 bits per heavy atom. The normalized spacial score (nSPS) is 18.6. The molecule has 0 saturated carbocycles. The highest BCUT2D eigenvalue weighted by molar-refractivity contribution is 6.30. The molecule has 6 heteroatoms. The van der Waals surface area contributed by atoms with E-state index in [2.05, 4.69) is 0 Å². The molecule has 0 radical (unpaired) electrons. The zero-order valence-corrected chi connectivity index (χ0v) is 16.6. The van der Waals surface area contributed by atoms with Gasteiger partial charge in [-0.3, -0.25) is 4.79 Å². The Bertz CT molecular complexity index is 1100. The van der Waals surface area contributed by atoms with Gasteiger partial charge in [0.2, 0.25) is 5.76 Å². The van der Waals surface area contributed by atoms with Crippen LogP contribution in [0.25, 0.3) is 11.0 Å². The number of carbonyl (C=O) groups is 2. The van der Waals surface area contributed by atoms with Crippen molar-refractivity contribution in [2.24, 2.45) is 0 Å². The fourth-order valence-corrected chi connectivity index (χ4v) is 3.84. The van der Waals surface area contributed by atoms with Gasteiger partial charge >= 0.3 is 5.97 Å². The minimum Gasteiger partial charge on any atom is -0.482 e. The third-order valence-electron chi connectivity index (χ3n) is 5.08. The third kappa shape index (κ3) is 2.87. The largest absolute Gasteiger partial charge is 0.482 e. The molecule has 3 aromatic rings. The van der Waals surface area contributed by atoms with Gasteiger partial charge in [0.25, 0.3) is 0 Å². The molecule has 4 rings (SSSR count). The van der Waals surface area contributed by atoms with Crippen LogP contribution in [0.5, 0.6) is 5.75 Å². The first-order chi connectivity index (χ1) is 13.3. The average Bonchev–Trinajstić information content (AvgIpc) is 2.99. The van der Waals surface area contributed by atoms with Crippen LogP contribution in [0.3, 0.4) is 0 Å². The van der Waals surface area contributed by atoms with Crippen LogP contribution >= 0.6 is 11.6 Å². The van der Waals surface area contributed by atoms with E-state index in [0.29, 0.717) is 32.9 Å². The van der Waals surface area contributed by atoms with Crippen LogP contribution in [-0.2, 0) is 10.3 Å². The molecule has 0 amide bonds. The molecular weight excluding hydrogens is 380 g/mol. The number of furan rings is 1. The van der Waals surface area contributed by atoms with Crippen molar-refractivity contribution in [3.8, 4) is 5.75 Å². The molecule has 1 atom stereocenters. The number of ketones is 1. The van der Waals surface area contributed by atoms with Crippen LogP contribution < -0.4 is 4.74 Å². The molecule has 1 aliphatic rings. The van der Waals surface area contributed by atoms with Crippen LogP contribution in [0.4, 0.5) is 0 Å². The Labute approximate surface area is 167 Å². The highest BCUT2D eigenvalue weighted by atomic mass is 35.5. The van der Waals surface area contributed by atoms with Gasteiger partial charge in [-0.25, -0.2) is 4.79 Å². The molecule has 1 aliphatic heterocycles. The molecule has 0 spiro atoms. The Balaban J connectivity index is 1.83. The van der Waals surface area contributed by atoms with Crippen molar-refractivity contribution in [3.63, 3.8) is 0 Å². The lowest BCUT2D eigenvalue weighted by Gasteiger charge is -2.35. The van der Waals surface area contributed by atoms with Crippen LogP contribution in [0, 0.1) is 6.92 Å². The second kappa shape index (κ2) is 6.67. The molecule has 0 N–H and O–H groups in total. The summed E-state index contributed by atoms with van der Waals surface area (Å²) in [5.41, 5.74) is 1.56. The van der Waals surface area contributed by atoms with Crippen LogP contribution in [0.15, 0.2) is 40.8 Å². The minimum absolute atomic E-state index is 0.0661. The van der Waals surface area contributed by atoms with Crippen LogP contribution in [-0.4, -0.2) is 18.4 Å². The number of fused-ring (bicyclic) bond motifs is 3. The first-order valence-corrected chi connectivity index (χ1v) is 9.43. The number of aryl methyl sites for hydroxylation is 1. The smallest absolute Gasteiger partial charge is 0.374 e. The Hall–Kier alpha value is -2.79. The van der Waals surface area contributed by atoms with Gasteiger partial charge in [0.05, 0.1) is 18.6 Å². The molecule has 144 valence electrons. The van der Waals surface area contributed by atoms with Gasteiger partial charge in [0, 0.05) is 16.0 Å². The van der Waals surface area contributed by atoms with E-state index in [1.165, 1.54) is 0 Å². The standard InChI is InChI=1S/C22H19ClO5/c1-4-26-21(25)20-12(2)18-16(27-20)9-10-17-19(18)15(24)11-22(3,28-17)13-5-7-14(23)8-6-13/h5-10H,4,11H2,1-3H3/t22-/m1/s1. The van der Waals surface area contributed by atoms with Gasteiger partial charge < -0.3 is 13.9 Å². The van der Waals surface area contributed by atoms with Gasteiger partial charge in [-0.1, -0.05) is 23.7 Å². The van der Waals surface area contributed by atoms with E-state index in [4.69, 9.17) is 25.5 Å². The van der Waals surface area contributed by atoms with Gasteiger partial charge in [-0.05, 0) is 50.6 Å². The van der Waals surface area contributed by atoms with Crippen molar-refractivity contribution in [2.75, 3.05) is 6.61 Å². The second-order valence-electron chi connectivity index (χ2n) is 7.03. The van der Waals surface area contributed by atoms with E-state index in [-0.39, 0.29) is 24.6 Å². The summed E-state index contributed by atoms with van der Waals surface area (Å²) in [6.45, 7) is 5.60. The van der Waals surface area contributed by atoms with E-state index in [9.17, 15) is 9.59 Å². The number of hydrogen-bond acceptors (Lipinski definition) is 5. The van der Waals surface area contributed by atoms with Crippen molar-refractivity contribution in [3.05, 3.63) is 63.9 Å². The highest BCUT2D eigenvalue weighted by Crippen LogP contribution is 2.44. The summed E-state index contributed by atoms with van der Waals surface area (Å²) in [7, 11) is 0. The first-order valence-electron chi connectivity index (χ1n) is 9.05.